The molecule has 2 bridgehead atoms. The number of allylic oxidation sites excluding steroid dienone is 2. The summed E-state index contributed by atoms with van der Waals surface area (Å²) in [6.45, 7) is 5.84. The molecule has 2 aliphatic carbocycles. The molecule has 1 saturated heterocycles. The number of nitrogens with zero attached hydrogens (tertiary/aromatic N) is 1. The molecule has 1 saturated carbocycles. The predicted molar refractivity (Wildman–Crippen MR) is 136 cm³/mol. The fraction of sp³-hybridized carbons (Fsp3) is 0.258. The highest BCUT2D eigenvalue weighted by molar-refractivity contribution is 6.34. The fourth-order valence-electron chi connectivity index (χ4n) is 7.08. The lowest BCUT2D eigenvalue weighted by Gasteiger charge is -2.37. The van der Waals surface area contributed by atoms with Gasteiger partial charge in [0, 0.05) is 0 Å². The van der Waals surface area contributed by atoms with Crippen molar-refractivity contribution in [1.82, 2.24) is 0 Å². The third-order valence-electron chi connectivity index (χ3n) is 8.53. The number of aryl methyl sites for hydroxylation is 1. The summed E-state index contributed by atoms with van der Waals surface area (Å²) in [6.07, 6.45) is 0.462. The van der Waals surface area contributed by atoms with Crippen molar-refractivity contribution >= 4 is 34.4 Å². The van der Waals surface area contributed by atoms with Crippen molar-refractivity contribution in [2.45, 2.75) is 27.2 Å². The van der Waals surface area contributed by atoms with Gasteiger partial charge in [0.15, 0.2) is 5.78 Å². The highest BCUT2D eigenvalue weighted by atomic mass is 16.2. The minimum Gasteiger partial charge on any atom is -0.298 e. The first-order chi connectivity index (χ1) is 16.9. The normalized spacial score (nSPS) is 29.3. The van der Waals surface area contributed by atoms with Gasteiger partial charge in [0.1, 0.15) is 0 Å². The number of carbonyl (C=O) groups is 3. The second-order valence-electron chi connectivity index (χ2n) is 10.1. The first-order valence-corrected chi connectivity index (χ1v) is 12.2. The molecule has 1 heterocycles. The largest absolute Gasteiger partial charge is 0.298 e. The van der Waals surface area contributed by atoms with Gasteiger partial charge in [-0.1, -0.05) is 85.3 Å². The van der Waals surface area contributed by atoms with Gasteiger partial charge in [-0.3, -0.25) is 14.4 Å². The highest BCUT2D eigenvalue weighted by Crippen LogP contribution is 2.74. The summed E-state index contributed by atoms with van der Waals surface area (Å²) in [5.74, 6) is -1.95. The number of ketones is 1. The molecule has 0 aromatic heterocycles. The first kappa shape index (κ1) is 21.7. The van der Waals surface area contributed by atoms with Crippen LogP contribution in [0.3, 0.4) is 0 Å². The topological polar surface area (TPSA) is 54.5 Å². The fourth-order valence-corrected chi connectivity index (χ4v) is 7.08. The van der Waals surface area contributed by atoms with Crippen molar-refractivity contribution in [3.8, 4) is 0 Å². The lowest BCUT2D eigenvalue weighted by atomic mass is 9.62. The molecule has 6 rings (SSSR count). The number of carbonyl (C=O) groups excluding carboxylic acids is 3. The molecule has 0 radical (unpaired) electrons. The number of imide groups is 1. The summed E-state index contributed by atoms with van der Waals surface area (Å²) in [4.78, 5) is 43.9. The molecule has 0 N–H and O–H groups in total. The summed E-state index contributed by atoms with van der Waals surface area (Å²) in [5.41, 5.74) is 3.18. The van der Waals surface area contributed by atoms with E-state index in [1.54, 1.807) is 0 Å². The van der Waals surface area contributed by atoms with Gasteiger partial charge in [-0.2, -0.15) is 0 Å². The van der Waals surface area contributed by atoms with Gasteiger partial charge in [0.25, 0.3) is 0 Å². The molecule has 0 unspecified atom stereocenters. The highest BCUT2D eigenvalue weighted by Gasteiger charge is 2.79. The number of amides is 2. The first-order valence-electron chi connectivity index (χ1n) is 12.2. The van der Waals surface area contributed by atoms with E-state index in [1.807, 2.05) is 106 Å². The molecular weight excluding hydrogens is 434 g/mol. The Bertz CT molecular complexity index is 1410. The Morgan fingerprint density at radius 3 is 1.77 bits per heavy atom. The summed E-state index contributed by atoms with van der Waals surface area (Å²) in [5, 5.41) is 0. The molecule has 3 aliphatic rings. The number of anilines is 1. The monoisotopic (exact) mass is 461 g/mol. The van der Waals surface area contributed by atoms with Gasteiger partial charge >= 0.3 is 0 Å². The SMILES string of the molecule is CC[C@@]12C(=O)[C@@](C)(C(c3ccccc3)=C1c1ccccc1)[C@H]1C(=O)N(c3ccc(C)cc3)C(=O)[C@@H]12. The molecule has 3 aromatic carbocycles. The van der Waals surface area contributed by atoms with Gasteiger partial charge in [-0.05, 0) is 54.7 Å². The number of fused-ring (bicyclic) bond motifs is 5. The standard InChI is InChI=1S/C31H27NO3/c1-4-31-24(21-13-9-6-10-14-21)23(20-11-7-5-8-12-20)30(3,29(31)35)25-26(31)28(34)32(27(25)33)22-17-15-19(2)16-18-22/h5-18,25-26H,4H2,1-3H3/t25-,26-,30+,31-/m1/s1. The van der Waals surface area contributed by atoms with Gasteiger partial charge in [0.2, 0.25) is 11.8 Å². The number of benzene rings is 3. The van der Waals surface area contributed by atoms with E-state index < -0.39 is 22.7 Å². The Morgan fingerprint density at radius 2 is 1.23 bits per heavy atom. The Kier molecular flexibility index (Phi) is 4.56. The molecule has 4 heteroatoms. The minimum atomic E-state index is -1.08. The molecule has 3 aromatic rings. The average Bonchev–Trinajstić information content (AvgIpc) is 3.35. The third kappa shape index (κ3) is 2.54. The van der Waals surface area contributed by atoms with Crippen LogP contribution >= 0.6 is 0 Å². The van der Waals surface area contributed by atoms with Crippen molar-refractivity contribution in [3.63, 3.8) is 0 Å². The molecular formula is C31H27NO3. The van der Waals surface area contributed by atoms with Crippen LogP contribution in [-0.2, 0) is 14.4 Å². The Hall–Kier alpha value is -3.79. The molecule has 1 aliphatic heterocycles. The summed E-state index contributed by atoms with van der Waals surface area (Å²) >= 11 is 0. The minimum absolute atomic E-state index is 0.00506. The van der Waals surface area contributed by atoms with Gasteiger partial charge in [0.05, 0.1) is 28.4 Å². The van der Waals surface area contributed by atoms with Crippen LogP contribution in [-0.4, -0.2) is 17.6 Å². The zero-order valence-electron chi connectivity index (χ0n) is 20.1. The van der Waals surface area contributed by atoms with Gasteiger partial charge in [-0.15, -0.1) is 0 Å². The van der Waals surface area contributed by atoms with E-state index >= 15 is 0 Å². The zero-order chi connectivity index (χ0) is 24.5. The van der Waals surface area contributed by atoms with Crippen molar-refractivity contribution in [1.29, 1.82) is 0 Å². The van der Waals surface area contributed by atoms with Crippen LogP contribution in [0.5, 0.6) is 0 Å². The quantitative estimate of drug-likeness (QED) is 0.468. The summed E-state index contributed by atoms with van der Waals surface area (Å²) in [7, 11) is 0. The third-order valence-corrected chi connectivity index (χ3v) is 8.53. The molecule has 2 fully saturated rings. The van der Waals surface area contributed by atoms with Crippen molar-refractivity contribution in [2.75, 3.05) is 4.90 Å². The van der Waals surface area contributed by atoms with Crippen molar-refractivity contribution in [2.24, 2.45) is 22.7 Å². The van der Waals surface area contributed by atoms with Crippen LogP contribution in [0.4, 0.5) is 5.69 Å². The molecule has 0 spiro atoms. The number of hydrogen-bond donors (Lipinski definition) is 0. The smallest absolute Gasteiger partial charge is 0.239 e. The molecule has 2 amide bonds. The summed E-state index contributed by atoms with van der Waals surface area (Å²) < 4.78 is 0. The van der Waals surface area contributed by atoms with Crippen LogP contribution in [0.1, 0.15) is 37.0 Å². The van der Waals surface area contributed by atoms with Crippen molar-refractivity contribution in [3.05, 3.63) is 102 Å². The molecule has 174 valence electrons. The van der Waals surface area contributed by atoms with E-state index in [-0.39, 0.29) is 17.6 Å². The number of Topliss-reactive ketones (excluding diaryl/α,β-unsaturated/α-hetero) is 1. The van der Waals surface area contributed by atoms with E-state index in [0.29, 0.717) is 12.1 Å². The molecule has 35 heavy (non-hydrogen) atoms. The van der Waals surface area contributed by atoms with Crippen LogP contribution in [0, 0.1) is 29.6 Å². The van der Waals surface area contributed by atoms with E-state index in [9.17, 15) is 14.4 Å². The second kappa shape index (κ2) is 7.35. The second-order valence-corrected chi connectivity index (χ2v) is 10.1. The van der Waals surface area contributed by atoms with Crippen LogP contribution in [0.25, 0.3) is 11.1 Å². The number of rotatable bonds is 4. The predicted octanol–water partition coefficient (Wildman–Crippen LogP) is 5.71. The van der Waals surface area contributed by atoms with Crippen LogP contribution in [0.15, 0.2) is 84.9 Å². The Balaban J connectivity index is 1.64. The van der Waals surface area contributed by atoms with Gasteiger partial charge < -0.3 is 0 Å². The van der Waals surface area contributed by atoms with E-state index in [0.717, 1.165) is 27.8 Å². The van der Waals surface area contributed by atoms with Gasteiger partial charge in [-0.25, -0.2) is 4.90 Å². The lowest BCUT2D eigenvalue weighted by Crippen LogP contribution is -2.41. The van der Waals surface area contributed by atoms with Crippen LogP contribution in [0.2, 0.25) is 0 Å². The number of hydrogen-bond acceptors (Lipinski definition) is 3. The molecule has 4 atom stereocenters. The van der Waals surface area contributed by atoms with Crippen molar-refractivity contribution < 1.29 is 14.4 Å². The lowest BCUT2D eigenvalue weighted by molar-refractivity contribution is -0.134. The maximum absolute atomic E-state index is 14.4. The summed E-state index contributed by atoms with van der Waals surface area (Å²) in [6, 6.07) is 27.2. The zero-order valence-corrected chi connectivity index (χ0v) is 20.1. The van der Waals surface area contributed by atoms with E-state index in [2.05, 4.69) is 0 Å². The van der Waals surface area contributed by atoms with E-state index in [1.165, 1.54) is 4.90 Å². The maximum atomic E-state index is 14.4. The maximum Gasteiger partial charge on any atom is 0.239 e. The molecule has 4 nitrogen and oxygen atoms in total. The Labute approximate surface area is 205 Å². The average molecular weight is 462 g/mol. The van der Waals surface area contributed by atoms with Crippen LogP contribution < -0.4 is 4.90 Å². The Morgan fingerprint density at radius 1 is 0.714 bits per heavy atom. The van der Waals surface area contributed by atoms with E-state index in [4.69, 9.17) is 0 Å².